The fraction of sp³-hybridized carbons (Fsp3) is 0.462. The van der Waals surface area contributed by atoms with Crippen molar-refractivity contribution >= 4 is 5.84 Å². The number of aliphatic imine (C=N–C) groups is 1. The second-order valence-electron chi connectivity index (χ2n) is 5.33. The Morgan fingerprint density at radius 2 is 1.76 bits per heavy atom. The van der Waals surface area contributed by atoms with Crippen molar-refractivity contribution in [2.45, 2.75) is 38.8 Å². The van der Waals surface area contributed by atoms with Gasteiger partial charge in [-0.25, -0.2) is 4.39 Å². The lowest BCUT2D eigenvalue weighted by Gasteiger charge is -2.35. The fourth-order valence-corrected chi connectivity index (χ4v) is 1.77. The monoisotopic (exact) mass is 235 g/mol. The Morgan fingerprint density at radius 1 is 1.18 bits per heavy atom. The fourth-order valence-electron chi connectivity index (χ4n) is 1.77. The maximum atomic E-state index is 13.7. The average Bonchev–Trinajstić information content (AvgIpc) is 2.40. The zero-order chi connectivity index (χ0) is 12.8. The zero-order valence-corrected chi connectivity index (χ0v) is 10.5. The molecule has 91 valence electrons. The zero-order valence-electron chi connectivity index (χ0n) is 10.5. The molecular weight excluding hydrogens is 219 g/mol. The van der Waals surface area contributed by atoms with Gasteiger partial charge in [0.25, 0.3) is 0 Å². The van der Waals surface area contributed by atoms with Crippen molar-refractivity contribution in [3.05, 3.63) is 35.6 Å². The molecule has 0 amide bonds. The van der Waals surface area contributed by atoms with Crippen molar-refractivity contribution in [2.24, 2.45) is 4.99 Å². The highest BCUT2D eigenvalue weighted by molar-refractivity contribution is 6.00. The van der Waals surface area contributed by atoms with E-state index in [4.69, 9.17) is 0 Å². The molecule has 1 aromatic rings. The lowest BCUT2D eigenvalue weighted by Crippen LogP contribution is -2.50. The summed E-state index contributed by atoms with van der Waals surface area (Å²) >= 11 is 0. The molecule has 0 spiro atoms. The molecule has 0 bridgehead atoms. The molecular formula is C13H16FN2O. The lowest BCUT2D eigenvalue weighted by molar-refractivity contribution is -0.158. The predicted molar refractivity (Wildman–Crippen MR) is 63.6 cm³/mol. The number of hydrogen-bond acceptors (Lipinski definition) is 2. The highest BCUT2D eigenvalue weighted by Crippen LogP contribution is 2.38. The molecule has 1 aliphatic rings. The van der Waals surface area contributed by atoms with E-state index in [1.54, 1.807) is 18.2 Å². The minimum Gasteiger partial charge on any atom is -0.257 e. The van der Waals surface area contributed by atoms with Crippen molar-refractivity contribution in [1.82, 2.24) is 5.06 Å². The smallest absolute Gasteiger partial charge is 0.162 e. The van der Waals surface area contributed by atoms with Crippen LogP contribution in [-0.4, -0.2) is 22.0 Å². The molecule has 1 aliphatic heterocycles. The Labute approximate surface area is 101 Å². The molecule has 3 nitrogen and oxygen atoms in total. The van der Waals surface area contributed by atoms with Gasteiger partial charge in [-0.2, -0.15) is 5.06 Å². The minimum atomic E-state index is -0.676. The molecule has 0 unspecified atom stereocenters. The molecule has 0 fully saturated rings. The summed E-state index contributed by atoms with van der Waals surface area (Å²) in [6.07, 6.45) is 0. The van der Waals surface area contributed by atoms with Gasteiger partial charge in [0.1, 0.15) is 5.82 Å². The van der Waals surface area contributed by atoms with Gasteiger partial charge in [-0.3, -0.25) is 4.99 Å². The Bertz CT molecular complexity index is 480. The molecule has 0 aromatic heterocycles. The molecule has 0 saturated carbocycles. The molecule has 1 aromatic carbocycles. The summed E-state index contributed by atoms with van der Waals surface area (Å²) in [5.41, 5.74) is -0.946. The standard InChI is InChI=1S/C13H16FN2O/c1-12(2)13(3,4)16(17)11(15-12)9-7-5-6-8-10(9)14/h5-8H,1-4H3. The summed E-state index contributed by atoms with van der Waals surface area (Å²) in [5, 5.41) is 13.0. The van der Waals surface area contributed by atoms with E-state index in [1.165, 1.54) is 6.07 Å². The average molecular weight is 235 g/mol. The summed E-state index contributed by atoms with van der Waals surface area (Å²) < 4.78 is 13.7. The number of hydrogen-bond donors (Lipinski definition) is 0. The van der Waals surface area contributed by atoms with Crippen molar-refractivity contribution in [3.63, 3.8) is 0 Å². The maximum Gasteiger partial charge on any atom is 0.162 e. The minimum absolute atomic E-state index is 0.179. The van der Waals surface area contributed by atoms with Gasteiger partial charge in [-0.1, -0.05) is 17.3 Å². The van der Waals surface area contributed by atoms with Crippen LogP contribution in [0.1, 0.15) is 33.3 Å². The number of amidine groups is 1. The Balaban J connectivity index is 2.53. The van der Waals surface area contributed by atoms with Gasteiger partial charge in [0.15, 0.2) is 5.84 Å². The number of halogens is 1. The van der Waals surface area contributed by atoms with Crippen LogP contribution in [0.15, 0.2) is 29.3 Å². The molecule has 2 rings (SSSR count). The third kappa shape index (κ3) is 1.63. The molecule has 4 heteroatoms. The van der Waals surface area contributed by atoms with Gasteiger partial charge in [-0.15, -0.1) is 0 Å². The molecule has 1 heterocycles. The molecule has 0 atom stereocenters. The normalized spacial score (nSPS) is 21.5. The van der Waals surface area contributed by atoms with E-state index in [1.807, 2.05) is 27.7 Å². The first-order chi connectivity index (χ1) is 7.77. The topological polar surface area (TPSA) is 35.5 Å². The predicted octanol–water partition coefficient (Wildman–Crippen LogP) is 2.79. The van der Waals surface area contributed by atoms with Crippen molar-refractivity contribution in [3.8, 4) is 0 Å². The molecule has 0 aliphatic carbocycles. The lowest BCUT2D eigenvalue weighted by atomic mass is 9.84. The summed E-state index contributed by atoms with van der Waals surface area (Å²) in [6.45, 7) is 7.40. The van der Waals surface area contributed by atoms with Gasteiger partial charge < -0.3 is 0 Å². The summed E-state index contributed by atoms with van der Waals surface area (Å²) in [5.74, 6) is -0.237. The number of nitrogens with zero attached hydrogens (tertiary/aromatic N) is 2. The van der Waals surface area contributed by atoms with Crippen LogP contribution in [0.4, 0.5) is 4.39 Å². The maximum absolute atomic E-state index is 13.7. The van der Waals surface area contributed by atoms with E-state index >= 15 is 0 Å². The van der Waals surface area contributed by atoms with Crippen LogP contribution < -0.4 is 0 Å². The van der Waals surface area contributed by atoms with Crippen LogP contribution in [0, 0.1) is 5.82 Å². The Kier molecular flexibility index (Phi) is 2.51. The summed E-state index contributed by atoms with van der Waals surface area (Å²) in [6, 6.07) is 6.22. The van der Waals surface area contributed by atoms with Crippen LogP contribution in [-0.2, 0) is 5.21 Å². The molecule has 0 N–H and O–H groups in total. The van der Waals surface area contributed by atoms with Gasteiger partial charge in [0.05, 0.1) is 16.6 Å². The first-order valence-corrected chi connectivity index (χ1v) is 5.59. The van der Waals surface area contributed by atoms with E-state index in [-0.39, 0.29) is 11.4 Å². The van der Waals surface area contributed by atoms with E-state index in [0.717, 1.165) is 5.06 Å². The second-order valence-corrected chi connectivity index (χ2v) is 5.33. The summed E-state index contributed by atoms with van der Waals surface area (Å²) in [4.78, 5) is 4.38. The third-order valence-electron chi connectivity index (χ3n) is 3.70. The quantitative estimate of drug-likeness (QED) is 0.737. The van der Waals surface area contributed by atoms with Gasteiger partial charge in [0, 0.05) is 0 Å². The van der Waals surface area contributed by atoms with E-state index in [0.29, 0.717) is 0 Å². The van der Waals surface area contributed by atoms with Gasteiger partial charge >= 0.3 is 0 Å². The third-order valence-corrected chi connectivity index (χ3v) is 3.70. The van der Waals surface area contributed by atoms with Crippen molar-refractivity contribution in [1.29, 1.82) is 0 Å². The first-order valence-electron chi connectivity index (χ1n) is 5.59. The second kappa shape index (κ2) is 3.53. The van der Waals surface area contributed by atoms with Crippen LogP contribution in [0.25, 0.3) is 0 Å². The summed E-state index contributed by atoms with van der Waals surface area (Å²) in [7, 11) is 0. The van der Waals surface area contributed by atoms with E-state index in [2.05, 4.69) is 4.99 Å². The van der Waals surface area contributed by atoms with E-state index in [9.17, 15) is 9.60 Å². The van der Waals surface area contributed by atoms with E-state index < -0.39 is 16.9 Å². The number of hydroxylamine groups is 2. The SMILES string of the molecule is CC1(C)N=C(c2ccccc2F)N([O])C1(C)C. The largest absolute Gasteiger partial charge is 0.257 e. The highest BCUT2D eigenvalue weighted by Gasteiger charge is 2.50. The highest BCUT2D eigenvalue weighted by atomic mass is 19.1. The van der Waals surface area contributed by atoms with Gasteiger partial charge in [0.2, 0.25) is 0 Å². The molecule has 1 radical (unpaired) electrons. The van der Waals surface area contributed by atoms with Crippen molar-refractivity contribution < 1.29 is 9.60 Å². The molecule has 17 heavy (non-hydrogen) atoms. The van der Waals surface area contributed by atoms with Crippen LogP contribution in [0.2, 0.25) is 0 Å². The van der Waals surface area contributed by atoms with Crippen LogP contribution in [0.3, 0.4) is 0 Å². The molecule has 0 saturated heterocycles. The van der Waals surface area contributed by atoms with Crippen LogP contribution >= 0.6 is 0 Å². The van der Waals surface area contributed by atoms with Gasteiger partial charge in [-0.05, 0) is 39.8 Å². The first kappa shape index (κ1) is 12.0. The Morgan fingerprint density at radius 3 is 2.24 bits per heavy atom. The van der Waals surface area contributed by atoms with Crippen molar-refractivity contribution in [2.75, 3.05) is 0 Å². The number of rotatable bonds is 1. The van der Waals surface area contributed by atoms with Crippen LogP contribution in [0.5, 0.6) is 0 Å². The number of benzene rings is 1. The Hall–Kier alpha value is -1.42.